The Morgan fingerprint density at radius 1 is 1.33 bits per heavy atom. The van der Waals surface area contributed by atoms with E-state index in [-0.39, 0.29) is 11.6 Å². The number of likely N-dealkylation sites (N-methyl/N-ethyl adjacent to an activating group) is 1. The van der Waals surface area contributed by atoms with Crippen LogP contribution in [0.4, 0.5) is 11.4 Å². The quantitative estimate of drug-likeness (QED) is 0.343. The minimum Gasteiger partial charge on any atom is -0.338 e. The maximum absolute atomic E-state index is 12.2. The number of thiocarbonyl (C=S) groups is 1. The molecule has 124 valence electrons. The van der Waals surface area contributed by atoms with Crippen molar-refractivity contribution in [1.82, 2.24) is 4.90 Å². The number of fused-ring (bicyclic) bond motifs is 1. The third kappa shape index (κ3) is 2.94. The van der Waals surface area contributed by atoms with E-state index in [2.05, 4.69) is 0 Å². The standard InChI is InChI=1S/C15H13N3O3S3/c1-3-17-14(19)11(24-15(17)22)6-7-13-16(2)10-5-4-9(18(20)21)8-12(10)23-13/h4-8H,3H2,1-2H3. The normalized spacial score (nSPS) is 20.4. The van der Waals surface area contributed by atoms with Gasteiger partial charge in [-0.2, -0.15) is 0 Å². The fraction of sp³-hybridized carbons (Fsp3) is 0.200. The van der Waals surface area contributed by atoms with Crippen molar-refractivity contribution in [2.24, 2.45) is 0 Å². The van der Waals surface area contributed by atoms with E-state index in [1.165, 1.54) is 29.6 Å². The average molecular weight is 379 g/mol. The Bertz CT molecular complexity index is 819. The third-order valence-electron chi connectivity index (χ3n) is 3.63. The summed E-state index contributed by atoms with van der Waals surface area (Å²) in [6.45, 7) is 2.44. The number of nitro benzene ring substituents is 1. The Kier molecular flexibility index (Phi) is 4.66. The smallest absolute Gasteiger partial charge is 0.270 e. The van der Waals surface area contributed by atoms with Crippen LogP contribution >= 0.6 is 35.7 Å². The number of rotatable bonds is 3. The van der Waals surface area contributed by atoms with Crippen LogP contribution in [0.3, 0.4) is 0 Å². The van der Waals surface area contributed by atoms with E-state index < -0.39 is 4.92 Å². The van der Waals surface area contributed by atoms with Crippen molar-refractivity contribution in [3.05, 3.63) is 50.4 Å². The van der Waals surface area contributed by atoms with Gasteiger partial charge in [-0.25, -0.2) is 0 Å². The van der Waals surface area contributed by atoms with E-state index >= 15 is 0 Å². The molecule has 0 aromatic heterocycles. The first-order chi connectivity index (χ1) is 11.4. The average Bonchev–Trinajstić information content (AvgIpc) is 3.01. The number of allylic oxidation sites excluding steroid dienone is 2. The molecule has 1 amide bonds. The maximum atomic E-state index is 12.2. The topological polar surface area (TPSA) is 66.7 Å². The molecule has 1 saturated heterocycles. The van der Waals surface area contributed by atoms with Crippen molar-refractivity contribution >= 4 is 57.3 Å². The largest absolute Gasteiger partial charge is 0.338 e. The van der Waals surface area contributed by atoms with Gasteiger partial charge in [0.25, 0.3) is 11.6 Å². The Morgan fingerprint density at radius 3 is 2.71 bits per heavy atom. The molecule has 1 fully saturated rings. The van der Waals surface area contributed by atoms with Gasteiger partial charge in [-0.15, -0.1) is 0 Å². The number of non-ortho nitro benzene ring substituents is 1. The van der Waals surface area contributed by atoms with Crippen molar-refractivity contribution in [3.63, 3.8) is 0 Å². The highest BCUT2D eigenvalue weighted by atomic mass is 32.2. The number of carbonyl (C=O) groups excluding carboxylic acids is 1. The molecule has 3 rings (SSSR count). The predicted molar refractivity (Wildman–Crippen MR) is 101 cm³/mol. The number of hydrogen-bond acceptors (Lipinski definition) is 7. The van der Waals surface area contributed by atoms with Gasteiger partial charge in [-0.05, 0) is 25.1 Å². The van der Waals surface area contributed by atoms with Crippen LogP contribution < -0.4 is 4.90 Å². The number of thioether (sulfide) groups is 2. The first kappa shape index (κ1) is 17.0. The van der Waals surface area contributed by atoms with Crippen molar-refractivity contribution in [2.75, 3.05) is 18.5 Å². The summed E-state index contributed by atoms with van der Waals surface area (Å²) in [5.41, 5.74) is 0.978. The SMILES string of the molecule is CCN1C(=O)C(=CC=C2Sc3cc([N+](=O)[O-])ccc3N2C)SC1=S. The zero-order chi connectivity index (χ0) is 17.4. The zero-order valence-corrected chi connectivity index (χ0v) is 15.3. The summed E-state index contributed by atoms with van der Waals surface area (Å²) in [5, 5.41) is 11.8. The van der Waals surface area contributed by atoms with E-state index in [9.17, 15) is 14.9 Å². The van der Waals surface area contributed by atoms with Crippen LogP contribution in [-0.2, 0) is 4.79 Å². The monoisotopic (exact) mass is 379 g/mol. The van der Waals surface area contributed by atoms with E-state index in [1.54, 1.807) is 23.1 Å². The fourth-order valence-electron chi connectivity index (χ4n) is 2.35. The summed E-state index contributed by atoms with van der Waals surface area (Å²) in [4.78, 5) is 27.6. The molecule has 2 aliphatic heterocycles. The third-order valence-corrected chi connectivity index (χ3v) is 6.19. The van der Waals surface area contributed by atoms with Crippen LogP contribution in [0.15, 0.2) is 45.2 Å². The van der Waals surface area contributed by atoms with Crippen LogP contribution in [0.5, 0.6) is 0 Å². The second-order valence-electron chi connectivity index (χ2n) is 5.02. The summed E-state index contributed by atoms with van der Waals surface area (Å²) in [6, 6.07) is 4.79. The van der Waals surface area contributed by atoms with E-state index in [1.807, 2.05) is 24.9 Å². The summed E-state index contributed by atoms with van der Waals surface area (Å²) >= 11 is 7.92. The van der Waals surface area contributed by atoms with Crippen LogP contribution in [0, 0.1) is 10.1 Å². The number of hydrogen-bond donors (Lipinski definition) is 0. The predicted octanol–water partition coefficient (Wildman–Crippen LogP) is 3.74. The van der Waals surface area contributed by atoms with Crippen LogP contribution in [-0.4, -0.2) is 33.6 Å². The molecule has 0 saturated carbocycles. The van der Waals surface area contributed by atoms with E-state index in [0.29, 0.717) is 15.8 Å². The first-order valence-corrected chi connectivity index (χ1v) is 9.12. The van der Waals surface area contributed by atoms with E-state index in [4.69, 9.17) is 12.2 Å². The highest BCUT2D eigenvalue weighted by Crippen LogP contribution is 2.46. The number of amides is 1. The maximum Gasteiger partial charge on any atom is 0.270 e. The molecule has 9 heteroatoms. The second kappa shape index (κ2) is 6.58. The van der Waals surface area contributed by atoms with Gasteiger partial charge in [0, 0.05) is 30.6 Å². The van der Waals surface area contributed by atoms with Crippen LogP contribution in [0.25, 0.3) is 0 Å². The lowest BCUT2D eigenvalue weighted by atomic mass is 10.2. The first-order valence-electron chi connectivity index (χ1n) is 7.08. The molecule has 6 nitrogen and oxygen atoms in total. The molecule has 0 unspecified atom stereocenters. The molecular weight excluding hydrogens is 366 g/mol. The van der Waals surface area contributed by atoms with Crippen molar-refractivity contribution in [1.29, 1.82) is 0 Å². The lowest BCUT2D eigenvalue weighted by Crippen LogP contribution is -2.27. The van der Waals surface area contributed by atoms with Gasteiger partial charge >= 0.3 is 0 Å². The Labute approximate surface area is 152 Å². The zero-order valence-electron chi connectivity index (χ0n) is 12.9. The molecule has 2 aliphatic rings. The van der Waals surface area contributed by atoms with Gasteiger partial charge in [-0.3, -0.25) is 19.8 Å². The van der Waals surface area contributed by atoms with Gasteiger partial charge in [0.15, 0.2) is 0 Å². The van der Waals surface area contributed by atoms with Crippen LogP contribution in [0.1, 0.15) is 6.92 Å². The molecule has 0 aliphatic carbocycles. The van der Waals surface area contributed by atoms with Gasteiger partial charge in [0.1, 0.15) is 4.32 Å². The Morgan fingerprint density at radius 2 is 2.08 bits per heavy atom. The van der Waals surface area contributed by atoms with Gasteiger partial charge in [0.2, 0.25) is 0 Å². The summed E-state index contributed by atoms with van der Waals surface area (Å²) < 4.78 is 0.568. The number of anilines is 1. The van der Waals surface area contributed by atoms with Crippen molar-refractivity contribution in [2.45, 2.75) is 11.8 Å². The minimum atomic E-state index is -0.404. The summed E-state index contributed by atoms with van der Waals surface area (Å²) in [5.74, 6) is -0.0804. The highest BCUT2D eigenvalue weighted by molar-refractivity contribution is 8.26. The molecule has 0 bridgehead atoms. The number of nitrogens with zero attached hydrogens (tertiary/aromatic N) is 3. The Hall–Kier alpha value is -1.84. The molecule has 0 atom stereocenters. The van der Waals surface area contributed by atoms with Gasteiger partial charge in [0.05, 0.1) is 20.5 Å². The molecule has 0 spiro atoms. The minimum absolute atomic E-state index is 0.0692. The summed E-state index contributed by atoms with van der Waals surface area (Å²) in [7, 11) is 1.89. The second-order valence-corrected chi connectivity index (χ2v) is 7.76. The number of benzene rings is 1. The van der Waals surface area contributed by atoms with Gasteiger partial charge in [-0.1, -0.05) is 35.7 Å². The lowest BCUT2D eigenvalue weighted by molar-refractivity contribution is -0.385. The number of carbonyl (C=O) groups is 1. The number of nitro groups is 1. The highest BCUT2D eigenvalue weighted by Gasteiger charge is 2.30. The Balaban J connectivity index is 1.85. The molecule has 0 radical (unpaired) electrons. The van der Waals surface area contributed by atoms with Crippen LogP contribution in [0.2, 0.25) is 0 Å². The molecule has 1 aromatic carbocycles. The summed E-state index contributed by atoms with van der Waals surface area (Å²) in [6.07, 6.45) is 3.60. The molecule has 0 N–H and O–H groups in total. The molecular formula is C15H13N3O3S3. The van der Waals surface area contributed by atoms with Crippen molar-refractivity contribution in [3.8, 4) is 0 Å². The van der Waals surface area contributed by atoms with Gasteiger partial charge < -0.3 is 4.90 Å². The molecule has 24 heavy (non-hydrogen) atoms. The molecule has 1 aromatic rings. The van der Waals surface area contributed by atoms with Crippen molar-refractivity contribution < 1.29 is 9.72 Å². The van der Waals surface area contributed by atoms with E-state index in [0.717, 1.165) is 15.6 Å². The lowest BCUT2D eigenvalue weighted by Gasteiger charge is -2.12. The molecule has 2 heterocycles. The fourth-order valence-corrected chi connectivity index (χ4v) is 4.77.